The van der Waals surface area contributed by atoms with Crippen LogP contribution in [-0.4, -0.2) is 0 Å². The Labute approximate surface area is 178 Å². The molecule has 0 saturated heterocycles. The molecule has 0 radical (unpaired) electrons. The second kappa shape index (κ2) is 8.82. The molecule has 0 atom stereocenters. The second-order valence-electron chi connectivity index (χ2n) is 8.09. The number of rotatable bonds is 0. The molecule has 7 heteroatoms. The SMILES string of the molecule is CC(C)(C)c1c(F)c(Cl)cc(Cl)c1F.CC(C)(C)c1cc(Cl)cc(Cl)c1F. The molecule has 0 nitrogen and oxygen atoms in total. The van der Waals surface area contributed by atoms with Crippen LogP contribution in [0, 0.1) is 17.5 Å². The van der Waals surface area contributed by atoms with Crippen molar-refractivity contribution in [1.82, 2.24) is 0 Å². The van der Waals surface area contributed by atoms with Gasteiger partial charge in [-0.05, 0) is 34.6 Å². The molecule has 0 saturated carbocycles. The minimum absolute atomic E-state index is 0.0741. The monoisotopic (exact) mass is 458 g/mol. The van der Waals surface area contributed by atoms with E-state index in [1.54, 1.807) is 26.8 Å². The average molecular weight is 460 g/mol. The topological polar surface area (TPSA) is 0 Å². The van der Waals surface area contributed by atoms with Crippen molar-refractivity contribution < 1.29 is 13.2 Å². The van der Waals surface area contributed by atoms with Crippen LogP contribution < -0.4 is 0 Å². The van der Waals surface area contributed by atoms with Crippen LogP contribution in [0.2, 0.25) is 20.1 Å². The summed E-state index contributed by atoms with van der Waals surface area (Å²) in [6, 6.07) is 4.10. The molecule has 150 valence electrons. The normalized spacial score (nSPS) is 11.9. The standard InChI is InChI=1S/C10H10Cl2F2.C10H11Cl2F/c1-10(2,3)7-8(13)5(11)4-6(12)9(7)14;1-10(2,3)7-4-6(11)5-8(12)9(7)13/h4H,1-3H3;4-5H,1-3H3. The summed E-state index contributed by atoms with van der Waals surface area (Å²) >= 11 is 22.6. The summed E-state index contributed by atoms with van der Waals surface area (Å²) in [5.74, 6) is -1.85. The highest BCUT2D eigenvalue weighted by Gasteiger charge is 2.26. The zero-order valence-corrected chi connectivity index (χ0v) is 18.9. The summed E-state index contributed by atoms with van der Waals surface area (Å²) < 4.78 is 40.5. The van der Waals surface area contributed by atoms with Gasteiger partial charge in [0.1, 0.15) is 17.5 Å². The molecule has 27 heavy (non-hydrogen) atoms. The lowest BCUT2D eigenvalue weighted by Gasteiger charge is -2.21. The van der Waals surface area contributed by atoms with E-state index in [0.29, 0.717) is 10.6 Å². The Hall–Kier alpha value is -0.610. The number of halogens is 7. The van der Waals surface area contributed by atoms with Crippen LogP contribution in [0.25, 0.3) is 0 Å². The Morgan fingerprint density at radius 3 is 1.37 bits per heavy atom. The zero-order chi connectivity index (χ0) is 21.3. The average Bonchev–Trinajstić information content (AvgIpc) is 2.47. The van der Waals surface area contributed by atoms with Gasteiger partial charge in [-0.25, -0.2) is 13.2 Å². The molecule has 0 spiro atoms. The predicted molar refractivity (Wildman–Crippen MR) is 110 cm³/mol. The summed E-state index contributed by atoms with van der Waals surface area (Å²) in [6.07, 6.45) is 0. The van der Waals surface area contributed by atoms with Crippen molar-refractivity contribution in [2.75, 3.05) is 0 Å². The van der Waals surface area contributed by atoms with Gasteiger partial charge in [-0.1, -0.05) is 87.9 Å². The summed E-state index contributed by atoms with van der Waals surface area (Å²) in [6.45, 7) is 10.8. The van der Waals surface area contributed by atoms with Crippen molar-refractivity contribution in [3.63, 3.8) is 0 Å². The smallest absolute Gasteiger partial charge is 0.148 e. The van der Waals surface area contributed by atoms with Crippen molar-refractivity contribution in [2.24, 2.45) is 0 Å². The van der Waals surface area contributed by atoms with Gasteiger partial charge in [0.05, 0.1) is 15.1 Å². The Morgan fingerprint density at radius 1 is 0.593 bits per heavy atom. The lowest BCUT2D eigenvalue weighted by atomic mass is 9.86. The fourth-order valence-electron chi connectivity index (χ4n) is 2.33. The maximum absolute atomic E-state index is 13.5. The number of hydrogen-bond acceptors (Lipinski definition) is 0. The van der Waals surface area contributed by atoms with E-state index >= 15 is 0 Å². The molecule has 2 aromatic carbocycles. The first-order valence-electron chi connectivity index (χ1n) is 8.05. The second-order valence-corrected chi connectivity index (χ2v) is 9.75. The molecule has 0 aromatic heterocycles. The van der Waals surface area contributed by atoms with Crippen molar-refractivity contribution in [1.29, 1.82) is 0 Å². The first-order valence-corrected chi connectivity index (χ1v) is 9.57. The van der Waals surface area contributed by atoms with Crippen molar-refractivity contribution in [3.8, 4) is 0 Å². The van der Waals surface area contributed by atoms with Crippen LogP contribution in [0.3, 0.4) is 0 Å². The van der Waals surface area contributed by atoms with E-state index in [1.807, 2.05) is 20.8 Å². The Bertz CT molecular complexity index is 809. The predicted octanol–water partition coefficient (Wildman–Crippen LogP) is 9.00. The quantitative estimate of drug-likeness (QED) is 0.344. The van der Waals surface area contributed by atoms with Crippen molar-refractivity contribution in [2.45, 2.75) is 52.4 Å². The number of benzene rings is 2. The molecule has 0 aliphatic carbocycles. The molecule has 0 heterocycles. The van der Waals surface area contributed by atoms with Gasteiger partial charge >= 0.3 is 0 Å². The molecular formula is C20H21Cl4F3. The summed E-state index contributed by atoms with van der Waals surface area (Å²) in [5, 5.41) is 0.247. The molecule has 2 aromatic rings. The third kappa shape index (κ3) is 6.19. The molecule has 0 unspecified atom stereocenters. The molecule has 0 amide bonds. The summed E-state index contributed by atoms with van der Waals surface area (Å²) in [7, 11) is 0. The Kier molecular flexibility index (Phi) is 7.98. The minimum atomic E-state index is -0.735. The first-order chi connectivity index (χ1) is 12.1. The van der Waals surface area contributed by atoms with Gasteiger partial charge in [0.2, 0.25) is 0 Å². The largest absolute Gasteiger partial charge is 0.205 e. The minimum Gasteiger partial charge on any atom is -0.205 e. The van der Waals surface area contributed by atoms with Crippen molar-refractivity contribution in [3.05, 3.63) is 66.9 Å². The third-order valence-corrected chi connectivity index (χ3v) is 4.71. The van der Waals surface area contributed by atoms with Gasteiger partial charge in [-0.2, -0.15) is 0 Å². The molecular weight excluding hydrogens is 439 g/mol. The van der Waals surface area contributed by atoms with Crippen LogP contribution in [0.15, 0.2) is 18.2 Å². The zero-order valence-electron chi connectivity index (χ0n) is 15.9. The van der Waals surface area contributed by atoms with Crippen LogP contribution >= 0.6 is 46.4 Å². The maximum atomic E-state index is 13.5. The molecule has 0 aliphatic heterocycles. The van der Waals surface area contributed by atoms with Crippen LogP contribution in [0.1, 0.15) is 52.7 Å². The molecule has 0 fully saturated rings. The van der Waals surface area contributed by atoms with Gasteiger partial charge in [0, 0.05) is 10.6 Å². The van der Waals surface area contributed by atoms with Crippen LogP contribution in [0.5, 0.6) is 0 Å². The van der Waals surface area contributed by atoms with Gasteiger partial charge in [-0.15, -0.1) is 0 Å². The maximum Gasteiger partial charge on any atom is 0.148 e. The lowest BCUT2D eigenvalue weighted by molar-refractivity contribution is 0.476. The van der Waals surface area contributed by atoms with Crippen LogP contribution in [-0.2, 0) is 10.8 Å². The third-order valence-electron chi connectivity index (χ3n) is 3.66. The van der Waals surface area contributed by atoms with E-state index < -0.39 is 17.0 Å². The van der Waals surface area contributed by atoms with Gasteiger partial charge in [-0.3, -0.25) is 0 Å². The molecule has 0 bridgehead atoms. The van der Waals surface area contributed by atoms with E-state index in [9.17, 15) is 13.2 Å². The van der Waals surface area contributed by atoms with Crippen molar-refractivity contribution >= 4 is 46.4 Å². The highest BCUT2D eigenvalue weighted by atomic mass is 35.5. The van der Waals surface area contributed by atoms with Gasteiger partial charge < -0.3 is 0 Å². The fraction of sp³-hybridized carbons (Fsp3) is 0.400. The fourth-order valence-corrected chi connectivity index (χ4v) is 3.29. The Balaban J connectivity index is 0.000000271. The van der Waals surface area contributed by atoms with Gasteiger partial charge in [0.25, 0.3) is 0 Å². The van der Waals surface area contributed by atoms with E-state index in [1.165, 1.54) is 6.07 Å². The highest BCUT2D eigenvalue weighted by Crippen LogP contribution is 2.35. The van der Waals surface area contributed by atoms with E-state index in [4.69, 9.17) is 46.4 Å². The summed E-state index contributed by atoms with van der Waals surface area (Å²) in [5.41, 5.74) is -0.471. The van der Waals surface area contributed by atoms with E-state index in [0.717, 1.165) is 6.07 Å². The molecule has 2 rings (SSSR count). The number of hydrogen-bond donors (Lipinski definition) is 0. The van der Waals surface area contributed by atoms with Crippen LogP contribution in [0.4, 0.5) is 13.2 Å². The highest BCUT2D eigenvalue weighted by molar-refractivity contribution is 6.35. The molecule has 0 N–H and O–H groups in total. The van der Waals surface area contributed by atoms with E-state index in [2.05, 4.69) is 0 Å². The lowest BCUT2D eigenvalue weighted by Crippen LogP contribution is -2.16. The van der Waals surface area contributed by atoms with E-state index in [-0.39, 0.29) is 31.9 Å². The van der Waals surface area contributed by atoms with Gasteiger partial charge in [0.15, 0.2) is 0 Å². The summed E-state index contributed by atoms with van der Waals surface area (Å²) in [4.78, 5) is 0. The Morgan fingerprint density at radius 2 is 1.00 bits per heavy atom. The molecule has 0 aliphatic rings. The first kappa shape index (κ1) is 24.4.